The van der Waals surface area contributed by atoms with Crippen molar-refractivity contribution in [1.82, 2.24) is 15.1 Å². The average Bonchev–Trinajstić information content (AvgIpc) is 3.48. The van der Waals surface area contributed by atoms with E-state index in [4.69, 9.17) is 4.74 Å². The molecule has 1 saturated heterocycles. The molecule has 2 aliphatic rings. The Morgan fingerprint density at radius 1 is 1.24 bits per heavy atom. The summed E-state index contributed by atoms with van der Waals surface area (Å²) in [5.41, 5.74) is 1.18. The molecule has 1 saturated carbocycles. The van der Waals surface area contributed by atoms with Gasteiger partial charge in [0.25, 0.3) is 0 Å². The number of aliphatic hydroxyl groups is 1. The van der Waals surface area contributed by atoms with Crippen LogP contribution in [0.1, 0.15) is 18.4 Å². The van der Waals surface area contributed by atoms with Crippen molar-refractivity contribution in [2.24, 2.45) is 5.92 Å². The van der Waals surface area contributed by atoms with Gasteiger partial charge in [-0.05, 0) is 42.9 Å². The van der Waals surface area contributed by atoms with Crippen LogP contribution in [0.5, 0.6) is 5.75 Å². The van der Waals surface area contributed by atoms with Crippen LogP contribution in [0.2, 0.25) is 0 Å². The molecule has 3 rings (SSSR count). The topological polar surface area (TPSA) is 65.0 Å². The molecule has 0 unspecified atom stereocenters. The van der Waals surface area contributed by atoms with Gasteiger partial charge in [-0.2, -0.15) is 0 Å². The minimum Gasteiger partial charge on any atom is -0.497 e. The lowest BCUT2D eigenvalue weighted by atomic mass is 10.1. The fourth-order valence-corrected chi connectivity index (χ4v) is 3.25. The number of carbonyl (C=O) groups excluding carboxylic acids is 1. The van der Waals surface area contributed by atoms with E-state index in [1.807, 2.05) is 29.2 Å². The molecule has 0 spiro atoms. The van der Waals surface area contributed by atoms with Gasteiger partial charge in [-0.3, -0.25) is 4.90 Å². The maximum atomic E-state index is 12.3. The first-order valence-electron chi connectivity index (χ1n) is 9.22. The largest absolute Gasteiger partial charge is 0.497 e. The Kier molecular flexibility index (Phi) is 6.15. The zero-order chi connectivity index (χ0) is 17.6. The van der Waals surface area contributed by atoms with Crippen molar-refractivity contribution in [3.05, 3.63) is 29.8 Å². The van der Waals surface area contributed by atoms with Crippen LogP contribution in [0.3, 0.4) is 0 Å². The third-order valence-electron chi connectivity index (χ3n) is 5.12. The van der Waals surface area contributed by atoms with Crippen molar-refractivity contribution in [2.75, 3.05) is 46.4 Å². The Bertz CT molecular complexity index is 552. The Balaban J connectivity index is 1.33. The van der Waals surface area contributed by atoms with Gasteiger partial charge in [-0.25, -0.2) is 4.79 Å². The number of benzene rings is 1. The molecule has 1 aliphatic heterocycles. The maximum Gasteiger partial charge on any atom is 0.317 e. The molecular formula is C19H29N3O3. The number of methoxy groups -OCH3 is 1. The summed E-state index contributed by atoms with van der Waals surface area (Å²) in [7, 11) is 1.65. The number of rotatable bonds is 7. The summed E-state index contributed by atoms with van der Waals surface area (Å²) in [5, 5.41) is 13.0. The van der Waals surface area contributed by atoms with Crippen LogP contribution in [-0.4, -0.2) is 73.4 Å². The van der Waals surface area contributed by atoms with E-state index >= 15 is 0 Å². The lowest BCUT2D eigenvalue weighted by Gasteiger charge is -2.35. The predicted molar refractivity (Wildman–Crippen MR) is 96.8 cm³/mol. The van der Waals surface area contributed by atoms with Gasteiger partial charge in [-0.1, -0.05) is 12.1 Å². The first-order valence-corrected chi connectivity index (χ1v) is 9.22. The molecule has 138 valence electrons. The fraction of sp³-hybridized carbons (Fsp3) is 0.632. The number of carbonyl (C=O) groups is 1. The molecule has 2 amide bonds. The third-order valence-corrected chi connectivity index (χ3v) is 5.12. The Labute approximate surface area is 149 Å². The highest BCUT2D eigenvalue weighted by atomic mass is 16.5. The Hall–Kier alpha value is -1.79. The van der Waals surface area contributed by atoms with E-state index in [0.717, 1.165) is 57.7 Å². The smallest absolute Gasteiger partial charge is 0.317 e. The highest BCUT2D eigenvalue weighted by molar-refractivity contribution is 5.74. The lowest BCUT2D eigenvalue weighted by molar-refractivity contribution is 0.0697. The van der Waals surface area contributed by atoms with Crippen molar-refractivity contribution in [3.63, 3.8) is 0 Å². The zero-order valence-electron chi connectivity index (χ0n) is 15.0. The number of nitrogens with zero attached hydrogens (tertiary/aromatic N) is 2. The number of β-amino-alcohol motifs (C(OH)–C–C–N with tert-alkyl or cyclic N) is 1. The standard InChI is InChI=1S/C19H29N3O3/c1-25-17-6-2-15(3-7-17)8-9-20-19(24)22-12-10-21(11-13-22)14-18(23)16-4-5-16/h2-3,6-7,16,18,23H,4-5,8-14H2,1H3,(H,20,24)/t18-/m1/s1. The normalized spacial score (nSPS) is 19.5. The first-order chi connectivity index (χ1) is 12.2. The molecular weight excluding hydrogens is 318 g/mol. The lowest BCUT2D eigenvalue weighted by Crippen LogP contribution is -2.53. The van der Waals surface area contributed by atoms with Crippen molar-refractivity contribution < 1.29 is 14.6 Å². The fourth-order valence-electron chi connectivity index (χ4n) is 3.25. The number of nitrogens with one attached hydrogen (secondary N) is 1. The molecule has 2 fully saturated rings. The van der Waals surface area contributed by atoms with Crippen molar-refractivity contribution in [1.29, 1.82) is 0 Å². The minimum atomic E-state index is -0.190. The molecule has 1 atom stereocenters. The maximum absolute atomic E-state index is 12.3. The van der Waals surface area contributed by atoms with E-state index in [-0.39, 0.29) is 12.1 Å². The van der Waals surface area contributed by atoms with E-state index in [2.05, 4.69) is 10.2 Å². The van der Waals surface area contributed by atoms with Crippen molar-refractivity contribution in [2.45, 2.75) is 25.4 Å². The van der Waals surface area contributed by atoms with Gasteiger partial charge < -0.3 is 20.1 Å². The van der Waals surface area contributed by atoms with Gasteiger partial charge >= 0.3 is 6.03 Å². The van der Waals surface area contributed by atoms with Crippen LogP contribution in [0.4, 0.5) is 4.79 Å². The Morgan fingerprint density at radius 3 is 2.52 bits per heavy atom. The van der Waals surface area contributed by atoms with Gasteiger partial charge in [0.2, 0.25) is 0 Å². The van der Waals surface area contributed by atoms with Crippen molar-refractivity contribution in [3.8, 4) is 5.75 Å². The SMILES string of the molecule is COc1ccc(CCNC(=O)N2CCN(C[C@@H](O)C3CC3)CC2)cc1. The van der Waals surface area contributed by atoms with Crippen LogP contribution in [0, 0.1) is 5.92 Å². The number of hydrogen-bond donors (Lipinski definition) is 2. The molecule has 1 aliphatic carbocycles. The van der Waals surface area contributed by atoms with Gasteiger partial charge in [0.05, 0.1) is 13.2 Å². The highest BCUT2D eigenvalue weighted by Crippen LogP contribution is 2.32. The summed E-state index contributed by atoms with van der Waals surface area (Å²) < 4.78 is 5.14. The van der Waals surface area contributed by atoms with Crippen LogP contribution < -0.4 is 10.1 Å². The molecule has 1 heterocycles. The van der Waals surface area contributed by atoms with Gasteiger partial charge in [0.15, 0.2) is 0 Å². The molecule has 25 heavy (non-hydrogen) atoms. The molecule has 1 aromatic rings. The molecule has 0 bridgehead atoms. The predicted octanol–water partition coefficient (Wildman–Crippen LogP) is 1.34. The van der Waals surface area contributed by atoms with Crippen LogP contribution in [-0.2, 0) is 6.42 Å². The summed E-state index contributed by atoms with van der Waals surface area (Å²) in [6, 6.07) is 7.93. The second-order valence-electron chi connectivity index (χ2n) is 7.02. The van der Waals surface area contributed by atoms with E-state index in [0.29, 0.717) is 12.5 Å². The quantitative estimate of drug-likeness (QED) is 0.781. The molecule has 1 aromatic carbocycles. The number of hydrogen-bond acceptors (Lipinski definition) is 4. The number of ether oxygens (including phenoxy) is 1. The van der Waals surface area contributed by atoms with Gasteiger partial charge in [-0.15, -0.1) is 0 Å². The van der Waals surface area contributed by atoms with Crippen LogP contribution >= 0.6 is 0 Å². The number of amides is 2. The van der Waals surface area contributed by atoms with Crippen LogP contribution in [0.15, 0.2) is 24.3 Å². The second-order valence-corrected chi connectivity index (χ2v) is 7.02. The number of piperazine rings is 1. The molecule has 6 nitrogen and oxygen atoms in total. The van der Waals surface area contributed by atoms with Crippen LogP contribution in [0.25, 0.3) is 0 Å². The molecule has 0 aromatic heterocycles. The van der Waals surface area contributed by atoms with Gasteiger partial charge in [0, 0.05) is 39.3 Å². The van der Waals surface area contributed by atoms with E-state index < -0.39 is 0 Å². The second kappa shape index (κ2) is 8.54. The monoisotopic (exact) mass is 347 g/mol. The van der Waals surface area contributed by atoms with E-state index in [9.17, 15) is 9.90 Å². The summed E-state index contributed by atoms with van der Waals surface area (Å²) in [5.74, 6) is 1.36. The summed E-state index contributed by atoms with van der Waals surface area (Å²) in [6.07, 6.45) is 2.95. The third kappa shape index (κ3) is 5.34. The van der Waals surface area contributed by atoms with E-state index in [1.54, 1.807) is 7.11 Å². The highest BCUT2D eigenvalue weighted by Gasteiger charge is 2.32. The summed E-state index contributed by atoms with van der Waals surface area (Å²) in [6.45, 7) is 4.52. The van der Waals surface area contributed by atoms with Gasteiger partial charge in [0.1, 0.15) is 5.75 Å². The number of urea groups is 1. The Morgan fingerprint density at radius 2 is 1.92 bits per heavy atom. The van der Waals surface area contributed by atoms with E-state index in [1.165, 1.54) is 5.56 Å². The first kappa shape index (κ1) is 18.0. The number of aliphatic hydroxyl groups excluding tert-OH is 1. The molecule has 2 N–H and O–H groups in total. The van der Waals surface area contributed by atoms with Crippen molar-refractivity contribution >= 4 is 6.03 Å². The minimum absolute atomic E-state index is 0.0101. The summed E-state index contributed by atoms with van der Waals surface area (Å²) in [4.78, 5) is 16.4. The average molecular weight is 347 g/mol. The molecule has 0 radical (unpaired) electrons. The zero-order valence-corrected chi connectivity index (χ0v) is 15.0. The molecule has 6 heteroatoms. The summed E-state index contributed by atoms with van der Waals surface area (Å²) >= 11 is 0.